The summed E-state index contributed by atoms with van der Waals surface area (Å²) in [6.07, 6.45) is 3.50. The second-order valence-electron chi connectivity index (χ2n) is 6.23. The molecule has 0 radical (unpaired) electrons. The Morgan fingerprint density at radius 1 is 1.13 bits per heavy atom. The molecule has 1 aromatic heterocycles. The number of rotatable bonds is 7. The van der Waals surface area contributed by atoms with Crippen molar-refractivity contribution >= 4 is 0 Å². The van der Waals surface area contributed by atoms with E-state index in [0.29, 0.717) is 25.7 Å². The van der Waals surface area contributed by atoms with Crippen LogP contribution in [0.4, 0.5) is 0 Å². The molecule has 1 atom stereocenters. The zero-order chi connectivity index (χ0) is 15.9. The van der Waals surface area contributed by atoms with Crippen molar-refractivity contribution in [1.29, 1.82) is 0 Å². The lowest BCUT2D eigenvalue weighted by atomic mass is 9.89. The lowest BCUT2D eigenvalue weighted by Crippen LogP contribution is -2.39. The van der Waals surface area contributed by atoms with Crippen LogP contribution in [0.2, 0.25) is 0 Å². The monoisotopic (exact) mass is 315 g/mol. The highest BCUT2D eigenvalue weighted by Crippen LogP contribution is 2.27. The molecular weight excluding hydrogens is 290 g/mol. The summed E-state index contributed by atoms with van der Waals surface area (Å²) in [5.74, 6) is 1.45. The summed E-state index contributed by atoms with van der Waals surface area (Å²) in [6, 6.07) is 14.4. The lowest BCUT2D eigenvalue weighted by Gasteiger charge is -2.33. The van der Waals surface area contributed by atoms with Gasteiger partial charge in [0.25, 0.3) is 0 Å². The first-order valence-electron chi connectivity index (χ1n) is 8.37. The molecule has 3 rings (SSSR count). The number of aliphatic hydroxyl groups is 1. The minimum atomic E-state index is -0.446. The van der Waals surface area contributed by atoms with E-state index in [1.165, 1.54) is 5.56 Å². The zero-order valence-electron chi connectivity index (χ0n) is 13.4. The lowest BCUT2D eigenvalue weighted by molar-refractivity contribution is 0.00174. The Morgan fingerprint density at radius 3 is 2.61 bits per heavy atom. The number of benzene rings is 1. The molecule has 4 heteroatoms. The van der Waals surface area contributed by atoms with E-state index in [9.17, 15) is 5.11 Å². The fourth-order valence-corrected chi connectivity index (χ4v) is 3.22. The van der Waals surface area contributed by atoms with Crippen molar-refractivity contribution in [2.24, 2.45) is 0 Å². The van der Waals surface area contributed by atoms with Crippen LogP contribution in [0, 0.1) is 0 Å². The van der Waals surface area contributed by atoms with Gasteiger partial charge in [0.15, 0.2) is 0 Å². The van der Waals surface area contributed by atoms with E-state index in [-0.39, 0.29) is 0 Å². The number of hydrogen-bond donors (Lipinski definition) is 1. The van der Waals surface area contributed by atoms with Gasteiger partial charge in [-0.1, -0.05) is 30.3 Å². The minimum Gasteiger partial charge on any atom is -0.467 e. The van der Waals surface area contributed by atoms with Crippen molar-refractivity contribution in [2.45, 2.75) is 31.5 Å². The molecular formula is C19H25NO3. The van der Waals surface area contributed by atoms with Crippen LogP contribution in [-0.4, -0.2) is 42.4 Å². The number of aliphatic hydroxyl groups excluding tert-OH is 1. The molecule has 0 saturated carbocycles. The van der Waals surface area contributed by atoms with Gasteiger partial charge < -0.3 is 19.2 Å². The van der Waals surface area contributed by atoms with Gasteiger partial charge in [0.1, 0.15) is 12.4 Å². The molecule has 0 amide bonds. The van der Waals surface area contributed by atoms with Gasteiger partial charge in [-0.15, -0.1) is 0 Å². The Bertz CT molecular complexity index is 547. The van der Waals surface area contributed by atoms with Gasteiger partial charge in [-0.25, -0.2) is 0 Å². The molecule has 23 heavy (non-hydrogen) atoms. The minimum absolute atomic E-state index is 0.347. The summed E-state index contributed by atoms with van der Waals surface area (Å²) in [5, 5.41) is 10.1. The SMILES string of the molecule is OC(COCc1ccco1)CN1CCC(c2ccccc2)CC1. The number of hydrogen-bond acceptors (Lipinski definition) is 4. The van der Waals surface area contributed by atoms with Gasteiger partial charge in [-0.2, -0.15) is 0 Å². The fourth-order valence-electron chi connectivity index (χ4n) is 3.22. The van der Waals surface area contributed by atoms with E-state index in [1.807, 2.05) is 12.1 Å². The second-order valence-corrected chi connectivity index (χ2v) is 6.23. The molecule has 0 aliphatic carbocycles. The quantitative estimate of drug-likeness (QED) is 0.853. The molecule has 4 nitrogen and oxygen atoms in total. The van der Waals surface area contributed by atoms with E-state index < -0.39 is 6.10 Å². The predicted molar refractivity (Wildman–Crippen MR) is 89.2 cm³/mol. The van der Waals surface area contributed by atoms with Crippen LogP contribution in [0.1, 0.15) is 30.1 Å². The van der Waals surface area contributed by atoms with Crippen LogP contribution in [0.25, 0.3) is 0 Å². The summed E-state index contributed by atoms with van der Waals surface area (Å²) < 4.78 is 10.7. The number of piperidine rings is 1. The Labute approximate surface area is 137 Å². The van der Waals surface area contributed by atoms with E-state index in [1.54, 1.807) is 6.26 Å². The molecule has 1 N–H and O–H groups in total. The first kappa shape index (κ1) is 16.2. The van der Waals surface area contributed by atoms with E-state index >= 15 is 0 Å². The molecule has 1 aliphatic heterocycles. The van der Waals surface area contributed by atoms with Crippen molar-refractivity contribution in [1.82, 2.24) is 4.90 Å². The largest absolute Gasteiger partial charge is 0.467 e. The summed E-state index contributed by atoms with van der Waals surface area (Å²) in [7, 11) is 0. The molecule has 1 unspecified atom stereocenters. The van der Waals surface area contributed by atoms with Crippen LogP contribution in [0.5, 0.6) is 0 Å². The summed E-state index contributed by atoms with van der Waals surface area (Å²) in [4.78, 5) is 2.33. The highest BCUT2D eigenvalue weighted by Gasteiger charge is 2.22. The third-order valence-corrected chi connectivity index (χ3v) is 4.46. The van der Waals surface area contributed by atoms with Crippen molar-refractivity contribution in [2.75, 3.05) is 26.2 Å². The second kappa shape index (κ2) is 8.29. The summed E-state index contributed by atoms with van der Waals surface area (Å²) in [6.45, 7) is 3.52. The van der Waals surface area contributed by atoms with Crippen LogP contribution < -0.4 is 0 Å². The molecule has 124 valence electrons. The summed E-state index contributed by atoms with van der Waals surface area (Å²) in [5.41, 5.74) is 1.44. The number of β-amino-alcohol motifs (C(OH)–C–C–N with tert-alkyl or cyclic N) is 1. The number of ether oxygens (including phenoxy) is 1. The third kappa shape index (κ3) is 4.93. The highest BCUT2D eigenvalue weighted by atomic mass is 16.5. The highest BCUT2D eigenvalue weighted by molar-refractivity contribution is 5.20. The molecule has 0 spiro atoms. The van der Waals surface area contributed by atoms with Crippen molar-refractivity contribution < 1.29 is 14.3 Å². The first-order valence-corrected chi connectivity index (χ1v) is 8.37. The average molecular weight is 315 g/mol. The molecule has 1 aliphatic rings. The van der Waals surface area contributed by atoms with Gasteiger partial charge in [0.05, 0.1) is 19.0 Å². The van der Waals surface area contributed by atoms with Crippen molar-refractivity contribution in [3.8, 4) is 0 Å². The van der Waals surface area contributed by atoms with Gasteiger partial charge >= 0.3 is 0 Å². The smallest absolute Gasteiger partial charge is 0.129 e. The van der Waals surface area contributed by atoms with Crippen LogP contribution >= 0.6 is 0 Å². The van der Waals surface area contributed by atoms with Crippen LogP contribution in [0.15, 0.2) is 53.1 Å². The zero-order valence-corrected chi connectivity index (χ0v) is 13.4. The maximum Gasteiger partial charge on any atom is 0.129 e. The Balaban J connectivity index is 1.35. The maximum absolute atomic E-state index is 10.1. The predicted octanol–water partition coefficient (Wildman–Crippen LogP) is 3.04. The van der Waals surface area contributed by atoms with Gasteiger partial charge in [-0.3, -0.25) is 0 Å². The molecule has 2 heterocycles. The molecule has 1 saturated heterocycles. The van der Waals surface area contributed by atoms with E-state index in [4.69, 9.17) is 9.15 Å². The van der Waals surface area contributed by atoms with E-state index in [2.05, 4.69) is 35.2 Å². The Kier molecular flexibility index (Phi) is 5.86. The number of nitrogens with zero attached hydrogens (tertiary/aromatic N) is 1. The molecule has 2 aromatic rings. The maximum atomic E-state index is 10.1. The molecule has 1 aromatic carbocycles. The van der Waals surface area contributed by atoms with E-state index in [0.717, 1.165) is 31.7 Å². The first-order chi connectivity index (χ1) is 11.3. The van der Waals surface area contributed by atoms with Crippen molar-refractivity contribution in [3.63, 3.8) is 0 Å². The van der Waals surface area contributed by atoms with Crippen LogP contribution in [-0.2, 0) is 11.3 Å². The van der Waals surface area contributed by atoms with Crippen LogP contribution in [0.3, 0.4) is 0 Å². The fraction of sp³-hybridized carbons (Fsp3) is 0.474. The topological polar surface area (TPSA) is 45.8 Å². The molecule has 0 bridgehead atoms. The Hall–Kier alpha value is -1.62. The van der Waals surface area contributed by atoms with Gasteiger partial charge in [0.2, 0.25) is 0 Å². The Morgan fingerprint density at radius 2 is 1.91 bits per heavy atom. The molecule has 1 fully saturated rings. The standard InChI is InChI=1S/C19H25NO3/c21-18(14-22-15-19-7-4-12-23-19)13-20-10-8-17(9-11-20)16-5-2-1-3-6-16/h1-7,12,17-18,21H,8-11,13-15H2. The third-order valence-electron chi connectivity index (χ3n) is 4.46. The van der Waals surface area contributed by atoms with Crippen molar-refractivity contribution in [3.05, 3.63) is 60.1 Å². The number of furan rings is 1. The average Bonchev–Trinajstić information content (AvgIpc) is 3.10. The normalized spacial score (nSPS) is 18.1. The van der Waals surface area contributed by atoms with Gasteiger partial charge in [-0.05, 0) is 49.5 Å². The van der Waals surface area contributed by atoms with Gasteiger partial charge in [0, 0.05) is 6.54 Å². The number of likely N-dealkylation sites (tertiary alicyclic amines) is 1. The summed E-state index contributed by atoms with van der Waals surface area (Å²) >= 11 is 0.